The summed E-state index contributed by atoms with van der Waals surface area (Å²) in [5.74, 6) is 0.993. The number of hydrogen-bond donors (Lipinski definition) is 1. The first-order valence-corrected chi connectivity index (χ1v) is 7.17. The minimum atomic E-state index is -0.320. The van der Waals surface area contributed by atoms with Gasteiger partial charge in [0.25, 0.3) is 5.91 Å². The number of aromatic nitrogens is 1. The smallest absolute Gasteiger partial charge is 0.257 e. The molecule has 1 aromatic heterocycles. The Balaban J connectivity index is 2.26. The van der Waals surface area contributed by atoms with Gasteiger partial charge in [0.05, 0.1) is 18.7 Å². The molecule has 0 aliphatic carbocycles. The molecule has 6 heteroatoms. The molecule has 22 heavy (non-hydrogen) atoms. The van der Waals surface area contributed by atoms with Gasteiger partial charge in [0, 0.05) is 11.8 Å². The zero-order chi connectivity index (χ0) is 16.1. The molecule has 1 heterocycles. The molecule has 0 atom stereocenters. The predicted molar refractivity (Wildman–Crippen MR) is 86.1 cm³/mol. The third-order valence-electron chi connectivity index (χ3n) is 2.93. The van der Waals surface area contributed by atoms with Crippen molar-refractivity contribution in [3.63, 3.8) is 0 Å². The van der Waals surface area contributed by atoms with Crippen LogP contribution in [-0.4, -0.2) is 24.6 Å². The quantitative estimate of drug-likeness (QED) is 0.912. The molecule has 0 aliphatic rings. The van der Waals surface area contributed by atoms with E-state index in [0.29, 0.717) is 34.5 Å². The van der Waals surface area contributed by atoms with E-state index in [1.54, 1.807) is 24.4 Å². The number of rotatable bonds is 5. The lowest BCUT2D eigenvalue weighted by Gasteiger charge is -2.13. The first-order chi connectivity index (χ1) is 10.5. The summed E-state index contributed by atoms with van der Waals surface area (Å²) >= 11 is 6.16. The van der Waals surface area contributed by atoms with Crippen molar-refractivity contribution in [3.8, 4) is 11.5 Å². The lowest BCUT2D eigenvalue weighted by Crippen LogP contribution is -2.13. The van der Waals surface area contributed by atoms with Crippen LogP contribution < -0.4 is 14.8 Å². The number of carbonyl (C=O) groups is 1. The van der Waals surface area contributed by atoms with E-state index in [4.69, 9.17) is 21.1 Å². The average molecular weight is 321 g/mol. The van der Waals surface area contributed by atoms with Crippen LogP contribution in [0.2, 0.25) is 5.02 Å². The fourth-order valence-electron chi connectivity index (χ4n) is 1.87. The zero-order valence-corrected chi connectivity index (χ0v) is 13.4. The van der Waals surface area contributed by atoms with E-state index in [-0.39, 0.29) is 5.91 Å². The molecule has 116 valence electrons. The van der Waals surface area contributed by atoms with Crippen molar-refractivity contribution in [2.75, 3.05) is 19.0 Å². The van der Waals surface area contributed by atoms with E-state index >= 15 is 0 Å². The van der Waals surface area contributed by atoms with Crippen molar-refractivity contribution in [3.05, 3.63) is 46.6 Å². The van der Waals surface area contributed by atoms with Gasteiger partial charge in [-0.15, -0.1) is 0 Å². The van der Waals surface area contributed by atoms with Crippen molar-refractivity contribution >= 4 is 23.3 Å². The Hall–Kier alpha value is -2.27. The zero-order valence-electron chi connectivity index (χ0n) is 12.6. The maximum absolute atomic E-state index is 12.3. The highest BCUT2D eigenvalue weighted by Gasteiger charge is 2.16. The van der Waals surface area contributed by atoms with Crippen LogP contribution >= 0.6 is 11.6 Å². The molecule has 0 bridgehead atoms. The largest absolute Gasteiger partial charge is 0.493 e. The molecule has 1 N–H and O–H groups in total. The number of pyridine rings is 1. The molecule has 1 aromatic carbocycles. The number of methoxy groups -OCH3 is 1. The van der Waals surface area contributed by atoms with Crippen LogP contribution in [-0.2, 0) is 0 Å². The van der Waals surface area contributed by atoms with E-state index in [0.717, 1.165) is 5.56 Å². The van der Waals surface area contributed by atoms with Gasteiger partial charge in [-0.05, 0) is 37.6 Å². The Kier molecular flexibility index (Phi) is 5.22. The molecule has 0 spiro atoms. The Morgan fingerprint density at radius 1 is 1.36 bits per heavy atom. The summed E-state index contributed by atoms with van der Waals surface area (Å²) < 4.78 is 10.7. The summed E-state index contributed by atoms with van der Waals surface area (Å²) in [6, 6.07) is 6.73. The predicted octanol–water partition coefficient (Wildman–Crippen LogP) is 3.70. The highest BCUT2D eigenvalue weighted by molar-refractivity contribution is 6.32. The van der Waals surface area contributed by atoms with Crippen LogP contribution in [0.1, 0.15) is 22.8 Å². The van der Waals surface area contributed by atoms with Gasteiger partial charge in [0.15, 0.2) is 11.5 Å². The van der Waals surface area contributed by atoms with Gasteiger partial charge in [0.1, 0.15) is 5.82 Å². The van der Waals surface area contributed by atoms with Crippen LogP contribution in [0.25, 0.3) is 0 Å². The average Bonchev–Trinajstić information content (AvgIpc) is 2.51. The molecule has 1 amide bonds. The first-order valence-electron chi connectivity index (χ1n) is 6.79. The third-order valence-corrected chi connectivity index (χ3v) is 3.21. The molecule has 2 aromatic rings. The van der Waals surface area contributed by atoms with E-state index in [9.17, 15) is 4.79 Å². The van der Waals surface area contributed by atoms with Crippen molar-refractivity contribution in [2.45, 2.75) is 13.8 Å². The monoisotopic (exact) mass is 320 g/mol. The van der Waals surface area contributed by atoms with Crippen molar-refractivity contribution in [1.82, 2.24) is 4.98 Å². The molecule has 0 unspecified atom stereocenters. The van der Waals surface area contributed by atoms with Crippen molar-refractivity contribution < 1.29 is 14.3 Å². The third kappa shape index (κ3) is 3.68. The van der Waals surface area contributed by atoms with E-state index in [1.165, 1.54) is 7.11 Å². The van der Waals surface area contributed by atoms with Crippen molar-refractivity contribution in [1.29, 1.82) is 0 Å². The Bertz CT molecular complexity index is 672. The number of amides is 1. The van der Waals surface area contributed by atoms with Crippen LogP contribution in [0.15, 0.2) is 30.5 Å². The van der Waals surface area contributed by atoms with Gasteiger partial charge < -0.3 is 14.8 Å². The lowest BCUT2D eigenvalue weighted by molar-refractivity contribution is 0.102. The van der Waals surface area contributed by atoms with Gasteiger partial charge in [-0.2, -0.15) is 0 Å². The Morgan fingerprint density at radius 2 is 2.14 bits per heavy atom. The second kappa shape index (κ2) is 7.13. The topological polar surface area (TPSA) is 60.5 Å². The minimum absolute atomic E-state index is 0.320. The highest BCUT2D eigenvalue weighted by atomic mass is 35.5. The number of hydrogen-bond acceptors (Lipinski definition) is 4. The number of nitrogens with one attached hydrogen (secondary N) is 1. The van der Waals surface area contributed by atoms with Crippen molar-refractivity contribution in [2.24, 2.45) is 0 Å². The van der Waals surface area contributed by atoms with Crippen LogP contribution in [0.4, 0.5) is 5.82 Å². The summed E-state index contributed by atoms with van der Waals surface area (Å²) in [7, 11) is 1.50. The molecule has 0 radical (unpaired) electrons. The van der Waals surface area contributed by atoms with Crippen LogP contribution in [0, 0.1) is 6.92 Å². The van der Waals surface area contributed by atoms with E-state index in [1.807, 2.05) is 19.9 Å². The van der Waals surface area contributed by atoms with Gasteiger partial charge in [-0.1, -0.05) is 17.7 Å². The normalized spacial score (nSPS) is 10.2. The fourth-order valence-corrected chi connectivity index (χ4v) is 2.13. The van der Waals surface area contributed by atoms with Gasteiger partial charge in [-0.3, -0.25) is 4.79 Å². The molecule has 0 aliphatic heterocycles. The number of anilines is 1. The SMILES string of the molecule is CCOc1c(Cl)cc(C(=O)Nc2ccc(C)cn2)cc1OC. The molecular formula is C16H17ClN2O3. The number of benzene rings is 1. The molecule has 0 saturated carbocycles. The summed E-state index contributed by atoms with van der Waals surface area (Å²) in [4.78, 5) is 16.4. The second-order valence-electron chi connectivity index (χ2n) is 4.60. The number of halogens is 1. The fraction of sp³-hybridized carbons (Fsp3) is 0.250. The maximum atomic E-state index is 12.3. The van der Waals surface area contributed by atoms with E-state index < -0.39 is 0 Å². The Labute approximate surface area is 134 Å². The van der Waals surface area contributed by atoms with Gasteiger partial charge >= 0.3 is 0 Å². The summed E-state index contributed by atoms with van der Waals surface area (Å²) in [5.41, 5.74) is 1.39. The number of aryl methyl sites for hydroxylation is 1. The Morgan fingerprint density at radius 3 is 2.73 bits per heavy atom. The number of carbonyl (C=O) groups excluding carboxylic acids is 1. The maximum Gasteiger partial charge on any atom is 0.257 e. The number of ether oxygens (including phenoxy) is 2. The second-order valence-corrected chi connectivity index (χ2v) is 5.00. The molecule has 0 fully saturated rings. The minimum Gasteiger partial charge on any atom is -0.493 e. The lowest BCUT2D eigenvalue weighted by atomic mass is 10.2. The molecule has 0 saturated heterocycles. The summed E-state index contributed by atoms with van der Waals surface area (Å²) in [5, 5.41) is 3.03. The van der Waals surface area contributed by atoms with Gasteiger partial charge in [-0.25, -0.2) is 4.98 Å². The summed E-state index contributed by atoms with van der Waals surface area (Å²) in [6.45, 7) is 4.23. The number of nitrogens with zero attached hydrogens (tertiary/aromatic N) is 1. The first kappa shape index (κ1) is 16.1. The molecule has 5 nitrogen and oxygen atoms in total. The highest BCUT2D eigenvalue weighted by Crippen LogP contribution is 2.36. The molecule has 2 rings (SSSR count). The molecular weight excluding hydrogens is 304 g/mol. The summed E-state index contributed by atoms with van der Waals surface area (Å²) in [6.07, 6.45) is 1.68. The van der Waals surface area contributed by atoms with E-state index in [2.05, 4.69) is 10.3 Å². The van der Waals surface area contributed by atoms with Gasteiger partial charge in [0.2, 0.25) is 0 Å². The van der Waals surface area contributed by atoms with Crippen LogP contribution in [0.5, 0.6) is 11.5 Å². The van der Waals surface area contributed by atoms with Crippen LogP contribution in [0.3, 0.4) is 0 Å². The standard InChI is InChI=1S/C16H17ClN2O3/c1-4-22-15-12(17)7-11(8-13(15)21-3)16(20)19-14-6-5-10(2)9-18-14/h5-9H,4H2,1-3H3,(H,18,19,20).